The lowest BCUT2D eigenvalue weighted by Gasteiger charge is -1.98. The van der Waals surface area contributed by atoms with Gasteiger partial charge in [0.05, 0.1) is 6.33 Å². The number of rotatable bonds is 2. The first-order valence-electron chi connectivity index (χ1n) is 4.36. The molecule has 0 bridgehead atoms. The largest absolute Gasteiger partial charge is 0.348 e. The molecule has 3 heteroatoms. The number of nitrogens with zero attached hydrogens (tertiary/aromatic N) is 1. The van der Waals surface area contributed by atoms with Crippen LogP contribution in [0.2, 0.25) is 0 Å². The van der Waals surface area contributed by atoms with Gasteiger partial charge in [-0.15, -0.1) is 0 Å². The van der Waals surface area contributed by atoms with Crippen molar-refractivity contribution in [1.29, 1.82) is 0 Å². The van der Waals surface area contributed by atoms with Gasteiger partial charge in [-0.1, -0.05) is 13.8 Å². The average Bonchev–Trinajstić information content (AvgIpc) is 2.50. The Hall–Kier alpha value is -0.830. The zero-order chi connectivity index (χ0) is 8.77. The summed E-state index contributed by atoms with van der Waals surface area (Å²) in [7, 11) is 0. The first kappa shape index (κ1) is 7.80. The lowest BCUT2D eigenvalue weighted by molar-refractivity contribution is 0.557. The van der Waals surface area contributed by atoms with E-state index in [0.29, 0.717) is 17.3 Å². The van der Waals surface area contributed by atoms with Crippen LogP contribution in [0.3, 0.4) is 0 Å². The Labute approximate surface area is 72.4 Å². The summed E-state index contributed by atoms with van der Waals surface area (Å²) in [5.74, 6) is 1.21. The van der Waals surface area contributed by atoms with Gasteiger partial charge in [0.25, 0.3) is 0 Å². The zero-order valence-electron chi connectivity index (χ0n) is 7.54. The van der Waals surface area contributed by atoms with Gasteiger partial charge in [-0.25, -0.2) is 4.98 Å². The van der Waals surface area contributed by atoms with Crippen LogP contribution in [0.5, 0.6) is 0 Å². The second kappa shape index (κ2) is 2.33. The topological polar surface area (TPSA) is 54.7 Å². The molecule has 1 aromatic rings. The highest BCUT2D eigenvalue weighted by Crippen LogP contribution is 2.63. The highest BCUT2D eigenvalue weighted by molar-refractivity contribution is 5.24. The molecule has 0 aliphatic heterocycles. The average molecular weight is 165 g/mol. The molecular formula is C9H15N3. The number of nitrogens with one attached hydrogen (secondary N) is 1. The molecule has 12 heavy (non-hydrogen) atoms. The molecule has 1 aromatic heterocycles. The summed E-state index contributed by atoms with van der Waals surface area (Å²) in [4.78, 5) is 7.17. The molecule has 1 fully saturated rings. The van der Waals surface area contributed by atoms with Gasteiger partial charge in [0.2, 0.25) is 0 Å². The van der Waals surface area contributed by atoms with Crippen LogP contribution in [0, 0.1) is 11.3 Å². The summed E-state index contributed by atoms with van der Waals surface area (Å²) >= 11 is 0. The fourth-order valence-electron chi connectivity index (χ4n) is 2.24. The van der Waals surface area contributed by atoms with Crippen molar-refractivity contribution in [2.75, 3.05) is 6.54 Å². The Morgan fingerprint density at radius 1 is 1.67 bits per heavy atom. The van der Waals surface area contributed by atoms with E-state index in [0.717, 1.165) is 6.54 Å². The maximum atomic E-state index is 5.67. The predicted octanol–water partition coefficient (Wildman–Crippen LogP) is 1.11. The molecule has 1 aliphatic carbocycles. The number of hydrogen-bond acceptors (Lipinski definition) is 2. The molecule has 0 amide bonds. The van der Waals surface area contributed by atoms with E-state index in [2.05, 4.69) is 23.8 Å². The van der Waals surface area contributed by atoms with E-state index < -0.39 is 0 Å². The summed E-state index contributed by atoms with van der Waals surface area (Å²) < 4.78 is 0. The molecule has 0 radical (unpaired) electrons. The number of imidazole rings is 1. The Balaban J connectivity index is 2.19. The van der Waals surface area contributed by atoms with Gasteiger partial charge in [-0.05, 0) is 17.9 Å². The Kier molecular flexibility index (Phi) is 1.51. The molecule has 1 aliphatic rings. The van der Waals surface area contributed by atoms with Gasteiger partial charge in [0.15, 0.2) is 0 Å². The minimum absolute atomic E-state index is 0.362. The van der Waals surface area contributed by atoms with Crippen molar-refractivity contribution in [1.82, 2.24) is 9.97 Å². The van der Waals surface area contributed by atoms with Crippen LogP contribution >= 0.6 is 0 Å². The molecule has 1 saturated carbocycles. The van der Waals surface area contributed by atoms with Gasteiger partial charge in [-0.3, -0.25) is 0 Å². The van der Waals surface area contributed by atoms with Gasteiger partial charge in [0, 0.05) is 17.8 Å². The van der Waals surface area contributed by atoms with Crippen molar-refractivity contribution in [2.45, 2.75) is 19.8 Å². The molecule has 0 unspecified atom stereocenters. The number of nitrogens with two attached hydrogens (primary N) is 1. The first-order valence-corrected chi connectivity index (χ1v) is 4.36. The minimum atomic E-state index is 0.362. The second-order valence-corrected chi connectivity index (χ2v) is 4.15. The van der Waals surface area contributed by atoms with E-state index in [1.165, 1.54) is 5.69 Å². The maximum absolute atomic E-state index is 5.67. The quantitative estimate of drug-likeness (QED) is 0.689. The van der Waals surface area contributed by atoms with Crippen molar-refractivity contribution in [3.05, 3.63) is 18.2 Å². The SMILES string of the molecule is CC1(C)[C@@H](CN)[C@@H]1c1cnc[nH]1. The molecule has 2 atom stereocenters. The smallest absolute Gasteiger partial charge is 0.0921 e. The van der Waals surface area contributed by atoms with Crippen LogP contribution in [-0.2, 0) is 0 Å². The lowest BCUT2D eigenvalue weighted by Crippen LogP contribution is -2.05. The third-order valence-corrected chi connectivity index (χ3v) is 3.16. The third-order valence-electron chi connectivity index (χ3n) is 3.16. The predicted molar refractivity (Wildman–Crippen MR) is 47.7 cm³/mol. The Morgan fingerprint density at radius 3 is 2.83 bits per heavy atom. The molecule has 1 heterocycles. The highest BCUT2D eigenvalue weighted by Gasteiger charge is 2.57. The maximum Gasteiger partial charge on any atom is 0.0921 e. The minimum Gasteiger partial charge on any atom is -0.348 e. The van der Waals surface area contributed by atoms with Crippen molar-refractivity contribution in [3.8, 4) is 0 Å². The van der Waals surface area contributed by atoms with E-state index in [1.807, 2.05) is 6.20 Å². The molecule has 0 spiro atoms. The van der Waals surface area contributed by atoms with E-state index in [1.54, 1.807) is 6.33 Å². The van der Waals surface area contributed by atoms with Crippen LogP contribution in [0.1, 0.15) is 25.5 Å². The molecule has 3 N–H and O–H groups in total. The van der Waals surface area contributed by atoms with Gasteiger partial charge in [-0.2, -0.15) is 0 Å². The monoisotopic (exact) mass is 165 g/mol. The fraction of sp³-hybridized carbons (Fsp3) is 0.667. The molecule has 66 valence electrons. The first-order chi connectivity index (χ1) is 5.68. The molecule has 0 saturated heterocycles. The Bertz CT molecular complexity index is 263. The molecule has 0 aromatic carbocycles. The van der Waals surface area contributed by atoms with Crippen LogP contribution in [0.15, 0.2) is 12.5 Å². The number of aromatic amines is 1. The normalized spacial score (nSPS) is 31.9. The summed E-state index contributed by atoms with van der Waals surface area (Å²) in [5, 5.41) is 0. The van der Waals surface area contributed by atoms with Crippen molar-refractivity contribution in [3.63, 3.8) is 0 Å². The second-order valence-electron chi connectivity index (χ2n) is 4.15. The van der Waals surface area contributed by atoms with Crippen molar-refractivity contribution < 1.29 is 0 Å². The number of aromatic nitrogens is 2. The van der Waals surface area contributed by atoms with Crippen LogP contribution < -0.4 is 5.73 Å². The molecule has 2 rings (SSSR count). The van der Waals surface area contributed by atoms with Gasteiger partial charge in [0.1, 0.15) is 0 Å². The van der Waals surface area contributed by atoms with E-state index in [4.69, 9.17) is 5.73 Å². The Morgan fingerprint density at radius 2 is 2.42 bits per heavy atom. The summed E-state index contributed by atoms with van der Waals surface area (Å²) in [6.45, 7) is 5.29. The summed E-state index contributed by atoms with van der Waals surface area (Å²) in [5.41, 5.74) is 7.27. The van der Waals surface area contributed by atoms with E-state index in [9.17, 15) is 0 Å². The molecule has 3 nitrogen and oxygen atoms in total. The van der Waals surface area contributed by atoms with Gasteiger partial charge >= 0.3 is 0 Å². The molecular weight excluding hydrogens is 150 g/mol. The van der Waals surface area contributed by atoms with Crippen LogP contribution in [0.4, 0.5) is 0 Å². The van der Waals surface area contributed by atoms with Gasteiger partial charge < -0.3 is 10.7 Å². The highest BCUT2D eigenvalue weighted by atomic mass is 14.9. The standard InChI is InChI=1S/C9H15N3/c1-9(2)6(3-10)8(9)7-4-11-5-12-7/h4-6,8H,3,10H2,1-2H3,(H,11,12)/t6-,8+/m0/s1. The van der Waals surface area contributed by atoms with E-state index in [-0.39, 0.29) is 0 Å². The van der Waals surface area contributed by atoms with Crippen molar-refractivity contribution in [2.24, 2.45) is 17.1 Å². The number of hydrogen-bond donors (Lipinski definition) is 2. The third kappa shape index (κ3) is 0.894. The fourth-order valence-corrected chi connectivity index (χ4v) is 2.24. The van der Waals surface area contributed by atoms with E-state index >= 15 is 0 Å². The number of H-pyrrole nitrogens is 1. The zero-order valence-corrected chi connectivity index (χ0v) is 7.54. The van der Waals surface area contributed by atoms with Crippen molar-refractivity contribution >= 4 is 0 Å². The summed E-state index contributed by atoms with van der Waals surface area (Å²) in [6, 6.07) is 0. The lowest BCUT2D eigenvalue weighted by atomic mass is 10.1. The summed E-state index contributed by atoms with van der Waals surface area (Å²) in [6.07, 6.45) is 3.64. The van der Waals surface area contributed by atoms with Crippen LogP contribution in [-0.4, -0.2) is 16.5 Å². The van der Waals surface area contributed by atoms with Crippen LogP contribution in [0.25, 0.3) is 0 Å².